The first kappa shape index (κ1) is 119. The Labute approximate surface area is 838 Å². The van der Waals surface area contributed by atoms with Crippen molar-refractivity contribution in [2.45, 2.75) is 46.2 Å². The van der Waals surface area contributed by atoms with Gasteiger partial charge in [0.2, 0.25) is 0 Å². The topological polar surface area (TPSA) is 305 Å². The normalized spacial score (nSPS) is 10.3. The molecular formula is C98H71F13Ir5N12O8-6. The fraction of sp³-hybridized carbons (Fsp3) is 0.0714. The van der Waals surface area contributed by atoms with Crippen LogP contribution in [0.25, 0.3) is 90.3 Å². The zero-order chi connectivity index (χ0) is 95.3. The summed E-state index contributed by atoms with van der Waals surface area (Å²) in [4.78, 5) is 80.0. The number of hydrogen-bond acceptors (Lipinski definition) is 17. The molecule has 0 spiro atoms. The molecule has 7 aromatic carbocycles. The van der Waals surface area contributed by atoms with Gasteiger partial charge < -0.3 is 55.4 Å². The number of allylic oxidation sites excluding steroid dienone is 4. The van der Waals surface area contributed by atoms with E-state index in [1.807, 2.05) is 128 Å². The van der Waals surface area contributed by atoms with E-state index in [2.05, 4.69) is 86.5 Å². The molecule has 0 unspecified atom stereocenters. The number of ketones is 2. The maximum atomic E-state index is 13.2. The van der Waals surface area contributed by atoms with Crippen LogP contribution < -0.4 is 5.10 Å². The molecule has 0 saturated heterocycles. The predicted molar refractivity (Wildman–Crippen MR) is 461 cm³/mol. The molecule has 136 heavy (non-hydrogen) atoms. The molecule has 0 aliphatic carbocycles. The minimum atomic E-state index is -4.91. The molecule has 9 heterocycles. The summed E-state index contributed by atoms with van der Waals surface area (Å²) in [6.07, 6.45) is 0.304. The van der Waals surface area contributed by atoms with E-state index < -0.39 is 70.7 Å². The van der Waals surface area contributed by atoms with Crippen molar-refractivity contribution in [3.05, 3.63) is 428 Å². The van der Waals surface area contributed by atoms with Crippen LogP contribution in [0.2, 0.25) is 0 Å². The number of rotatable bonds is 12. The van der Waals surface area contributed by atoms with Gasteiger partial charge in [0.1, 0.15) is 17.2 Å². The number of halogens is 13. The van der Waals surface area contributed by atoms with Crippen molar-refractivity contribution in [1.29, 1.82) is 0 Å². The average Bonchev–Trinajstić information content (AvgIpc) is 0.889. The largest absolute Gasteiger partial charge is 0.512 e. The Balaban J connectivity index is 0.000000521. The van der Waals surface area contributed by atoms with E-state index in [4.69, 9.17) is 30.4 Å². The number of hydrogen-bond donors (Lipinski definition) is 4. The zero-order valence-corrected chi connectivity index (χ0v) is 82.6. The second-order valence-corrected chi connectivity index (χ2v) is 25.9. The van der Waals surface area contributed by atoms with E-state index in [-0.39, 0.29) is 175 Å². The molecule has 0 amide bonds. The van der Waals surface area contributed by atoms with Gasteiger partial charge >= 0.3 is 30.5 Å². The van der Waals surface area contributed by atoms with Crippen LogP contribution in [0.1, 0.15) is 65.6 Å². The summed E-state index contributed by atoms with van der Waals surface area (Å²) in [6.45, 7) is 5.70. The molecule has 5 radical (unpaired) electrons. The van der Waals surface area contributed by atoms with E-state index in [0.717, 1.165) is 69.3 Å². The molecule has 0 atom stereocenters. The number of aromatic nitrogens is 12. The Hall–Kier alpha value is -13.5. The molecule has 4 N–H and O–H groups in total. The number of aliphatic hydroxyl groups excluding tert-OH is 2. The van der Waals surface area contributed by atoms with Crippen LogP contribution in [-0.4, -0.2) is 98.9 Å². The molecule has 38 heteroatoms. The number of benzene rings is 7. The first-order valence-electron chi connectivity index (χ1n) is 38.0. The molecule has 713 valence electrons. The standard InChI is InChI=1S/C22H15N2.C13H6F6N.2C11H6F2N.C11H8N.C8H4F3N4.2C6H5NO2.2C5H8O2.5Ir/c1-4-10-17(11-5-1)20-16-23-21(18-12-6-2-7-13-18)22(24-20)19-14-8-3-9-15-19;14-12(15,16)9-5-8(11-3-1-2-4-20-11)6-10(7-9)13(17,18)19;2*12-8-4-5-9(10(13)7-8)11-3-1-2-6-14-11;1-2-6-10(7-3-1)11-8-4-5-9-12-11;9-8(10,11)7-13-6(14-15-7)5-3-1-2-4-12-5;2*8-6(9)5-3-1-2-4-7-5;2*1-4(6)3-5(2)7;;;;;/h1-12,14-16H;1-5,7H;2*1-4,6-7H;1-6,8-9H;1-4H;2*1-4H,(H,8,9);2*3,6H,1-2H3;;;;;/q6*-1;;;;;;;;;. The van der Waals surface area contributed by atoms with Crippen LogP contribution in [0.15, 0.2) is 346 Å². The molecule has 0 bridgehead atoms. The second kappa shape index (κ2) is 61.4. The summed E-state index contributed by atoms with van der Waals surface area (Å²) in [7, 11) is 0. The number of pyridine rings is 7. The van der Waals surface area contributed by atoms with Crippen LogP contribution in [-0.2, 0) is 129 Å². The summed E-state index contributed by atoms with van der Waals surface area (Å²) in [6, 6.07) is 88.4. The third-order valence-corrected chi connectivity index (χ3v) is 15.7. The van der Waals surface area contributed by atoms with Crippen LogP contribution >= 0.6 is 0 Å². The van der Waals surface area contributed by atoms with Crippen molar-refractivity contribution in [2.24, 2.45) is 0 Å². The van der Waals surface area contributed by atoms with Crippen molar-refractivity contribution >= 4 is 23.5 Å². The van der Waals surface area contributed by atoms with Gasteiger partial charge in [0.25, 0.3) is 0 Å². The Morgan fingerprint density at radius 3 is 1.05 bits per heavy atom. The number of carboxylic acids is 2. The van der Waals surface area contributed by atoms with Gasteiger partial charge in [-0.2, -0.15) is 39.5 Å². The van der Waals surface area contributed by atoms with E-state index in [1.165, 1.54) is 101 Å². The van der Waals surface area contributed by atoms with Gasteiger partial charge in [0, 0.05) is 197 Å². The first-order valence-corrected chi connectivity index (χ1v) is 38.0. The number of aliphatic hydroxyl groups is 2. The number of alkyl halides is 9. The third kappa shape index (κ3) is 42.8. The van der Waals surface area contributed by atoms with Crippen LogP contribution in [0.4, 0.5) is 57.1 Å². The first-order chi connectivity index (χ1) is 62.5. The number of carbonyl (C=O) groups is 4. The van der Waals surface area contributed by atoms with Crippen LogP contribution in [0.5, 0.6) is 0 Å². The number of aromatic carboxylic acids is 2. The van der Waals surface area contributed by atoms with Crippen molar-refractivity contribution in [3.8, 4) is 90.3 Å². The van der Waals surface area contributed by atoms with Gasteiger partial charge in [0.05, 0.1) is 28.6 Å². The molecule has 9 aromatic heterocycles. The van der Waals surface area contributed by atoms with Crippen molar-refractivity contribution in [2.75, 3.05) is 0 Å². The summed E-state index contributed by atoms with van der Waals surface area (Å²) >= 11 is 0. The van der Waals surface area contributed by atoms with Gasteiger partial charge in [-0.25, -0.2) is 19.6 Å². The third-order valence-electron chi connectivity index (χ3n) is 15.7. The van der Waals surface area contributed by atoms with Gasteiger partial charge in [-0.15, -0.1) is 120 Å². The fourth-order valence-corrected chi connectivity index (χ4v) is 10.1. The summed E-state index contributed by atoms with van der Waals surface area (Å²) < 4.78 is 164. The van der Waals surface area contributed by atoms with Crippen molar-refractivity contribution in [3.63, 3.8) is 0 Å². The van der Waals surface area contributed by atoms with E-state index in [0.29, 0.717) is 17.5 Å². The molecule has 16 aromatic rings. The summed E-state index contributed by atoms with van der Waals surface area (Å²) in [5.74, 6) is -6.05. The Kier molecular flexibility index (Phi) is 53.5. The molecule has 0 saturated carbocycles. The zero-order valence-electron chi connectivity index (χ0n) is 70.6. The SMILES string of the molecule is CC(=O)C=C(C)O.CC(=O)C=C(C)O.FC(F)(F)c1[c-]c(-c2ccccn2)cc(C(F)(F)F)c1.FC(F)(F)c1n[n-]c(-c2ccccn2)n1.Fc1c[c-]c(-c2ccccn2)c(F)c1.Fc1c[c-]c(-c2ccccn2)c(F)c1.O=C(O)c1ccccn1.O=C(O)c1ccccn1.[Ir].[Ir].[Ir].[Ir].[Ir].[c-]1ccccc1-c1ccccn1.[c-]1ccccc1-c1ncc(-c2ccccc2)nc1-c1ccccc1. The fourth-order valence-electron chi connectivity index (χ4n) is 10.1. The van der Waals surface area contributed by atoms with Crippen molar-refractivity contribution < 1.29 is 197 Å². The molecule has 16 rings (SSSR count). The number of carbonyl (C=O) groups excluding carboxylic acids is 2. The quantitative estimate of drug-likeness (QED) is 0.0382. The minimum Gasteiger partial charge on any atom is -0.512 e. The summed E-state index contributed by atoms with van der Waals surface area (Å²) in [5, 5.41) is 39.6. The monoisotopic (exact) mass is 2760 g/mol. The van der Waals surface area contributed by atoms with Gasteiger partial charge in [-0.1, -0.05) is 151 Å². The maximum absolute atomic E-state index is 13.2. The maximum Gasteiger partial charge on any atom is 0.429 e. The van der Waals surface area contributed by atoms with E-state index >= 15 is 0 Å². The van der Waals surface area contributed by atoms with Gasteiger partial charge in [0.15, 0.2) is 11.6 Å². The minimum absolute atomic E-state index is 0. The predicted octanol–water partition coefficient (Wildman–Crippen LogP) is 23.2. The van der Waals surface area contributed by atoms with E-state index in [9.17, 15) is 76.3 Å². The van der Waals surface area contributed by atoms with E-state index in [1.54, 1.807) is 91.4 Å². The molecular weight excluding hydrogens is 2680 g/mol. The Morgan fingerprint density at radius 1 is 0.353 bits per heavy atom. The smallest absolute Gasteiger partial charge is 0.429 e. The van der Waals surface area contributed by atoms with Crippen LogP contribution in [0, 0.1) is 53.6 Å². The number of nitrogens with zero attached hydrogens (tertiary/aromatic N) is 12. The molecule has 20 nitrogen and oxygen atoms in total. The van der Waals surface area contributed by atoms with Gasteiger partial charge in [-0.3, -0.25) is 42.2 Å². The average molecular weight is 2750 g/mol. The molecule has 0 aliphatic heterocycles. The second-order valence-electron chi connectivity index (χ2n) is 25.9. The molecule has 0 aliphatic rings. The number of carboxylic acid groups (broad SMARTS) is 2. The molecule has 0 fully saturated rings. The van der Waals surface area contributed by atoms with Gasteiger partial charge in [-0.05, 0) is 134 Å². The van der Waals surface area contributed by atoms with Crippen molar-refractivity contribution in [1.82, 2.24) is 60.0 Å². The Morgan fingerprint density at radius 2 is 0.728 bits per heavy atom. The summed E-state index contributed by atoms with van der Waals surface area (Å²) in [5.41, 5.74) is 6.13. The Bertz CT molecular complexity index is 6050. The van der Waals surface area contributed by atoms with Crippen LogP contribution in [0.3, 0.4) is 0 Å².